The van der Waals surface area contributed by atoms with Crippen LogP contribution in [0, 0.1) is 35.0 Å². The molecule has 1 aliphatic heterocycles. The Bertz CT molecular complexity index is 2370. The van der Waals surface area contributed by atoms with Crippen LogP contribution in [0.25, 0.3) is 10.8 Å². The van der Waals surface area contributed by atoms with Crippen LogP contribution in [0.1, 0.15) is 76.3 Å². The molecule has 0 radical (unpaired) electrons. The van der Waals surface area contributed by atoms with Crippen LogP contribution in [0.4, 0.5) is 0 Å². The van der Waals surface area contributed by atoms with E-state index in [1.54, 1.807) is 5.57 Å². The number of hydrogen-bond donors (Lipinski definition) is 0. The maximum Gasteiger partial charge on any atom is 0.0741 e. The molecule has 0 bridgehead atoms. The normalized spacial score (nSPS) is 30.7. The van der Waals surface area contributed by atoms with Gasteiger partial charge in [0.25, 0.3) is 0 Å². The lowest BCUT2D eigenvalue weighted by Crippen LogP contribution is -2.34. The summed E-state index contributed by atoms with van der Waals surface area (Å²) in [5, 5.41) is 2.51. The Labute approximate surface area is 335 Å². The molecular formula is C55H55N. The Morgan fingerprint density at radius 3 is 2.43 bits per heavy atom. The van der Waals surface area contributed by atoms with E-state index in [1.165, 1.54) is 57.0 Å². The summed E-state index contributed by atoms with van der Waals surface area (Å²) in [4.78, 5) is 5.55. The van der Waals surface area contributed by atoms with Crippen LogP contribution in [0.15, 0.2) is 209 Å². The zero-order chi connectivity index (χ0) is 38.1. The molecule has 6 aliphatic rings. The molecule has 5 aliphatic carbocycles. The fourth-order valence-electron chi connectivity index (χ4n) is 10.5. The first-order valence-corrected chi connectivity index (χ1v) is 21.1. The number of rotatable bonds is 6. The number of allylic oxidation sites excluding steroid dienone is 20. The minimum atomic E-state index is 0.149. The molecule has 0 aromatic heterocycles. The first kappa shape index (κ1) is 36.4. The zero-order valence-electron chi connectivity index (χ0n) is 33.3. The van der Waals surface area contributed by atoms with Crippen molar-refractivity contribution in [3.8, 4) is 0 Å². The van der Waals surface area contributed by atoms with Crippen molar-refractivity contribution >= 4 is 16.5 Å². The van der Waals surface area contributed by atoms with Gasteiger partial charge in [-0.2, -0.15) is 0 Å². The second kappa shape index (κ2) is 15.7. The van der Waals surface area contributed by atoms with Gasteiger partial charge in [0.2, 0.25) is 0 Å². The minimum Gasteiger partial charge on any atom is -0.248 e. The van der Waals surface area contributed by atoms with Crippen LogP contribution in [0.2, 0.25) is 0 Å². The van der Waals surface area contributed by atoms with E-state index >= 15 is 0 Å². The van der Waals surface area contributed by atoms with Gasteiger partial charge in [-0.15, -0.1) is 0 Å². The van der Waals surface area contributed by atoms with Crippen molar-refractivity contribution in [3.05, 3.63) is 215 Å². The molecular weight excluding hydrogens is 675 g/mol. The van der Waals surface area contributed by atoms with E-state index in [0.29, 0.717) is 35.5 Å². The van der Waals surface area contributed by atoms with Crippen LogP contribution in [0.3, 0.4) is 0 Å². The standard InChI is InChI=1S/C55H55N/c1-4-39-15-12-13-24-51(53(39)43-18-6-5-7-19-43)55(3)33-31-42(32-34-55)46-22-14-23-47(35-46)50-29-30-52(48-27-25-40-16-8-10-20-44(40)36-48)56-54(38(50)2)49-28-26-41-17-9-11-21-45(41)37-49/h4-14,16-23,25-28,30-31,33,36-37,40,42,44,46,51,53H,15,24,29,32,34-35H2,1-3H3/b39-4-. The van der Waals surface area contributed by atoms with Crippen molar-refractivity contribution in [1.29, 1.82) is 0 Å². The van der Waals surface area contributed by atoms with Gasteiger partial charge < -0.3 is 0 Å². The van der Waals surface area contributed by atoms with Crippen LogP contribution < -0.4 is 0 Å². The largest absolute Gasteiger partial charge is 0.248 e. The van der Waals surface area contributed by atoms with E-state index in [2.05, 4.69) is 191 Å². The molecule has 0 saturated heterocycles. The summed E-state index contributed by atoms with van der Waals surface area (Å²) in [6.07, 6.45) is 44.8. The Hall–Kier alpha value is -5.27. The fourth-order valence-corrected chi connectivity index (χ4v) is 10.5. The summed E-state index contributed by atoms with van der Waals surface area (Å²) in [6, 6.07) is 26.8. The summed E-state index contributed by atoms with van der Waals surface area (Å²) >= 11 is 0. The number of fused-ring (bicyclic) bond motifs is 2. The first-order chi connectivity index (χ1) is 27.5. The molecule has 1 heterocycles. The van der Waals surface area contributed by atoms with Gasteiger partial charge in [0.1, 0.15) is 0 Å². The molecule has 7 atom stereocenters. The Morgan fingerprint density at radius 1 is 0.786 bits per heavy atom. The van der Waals surface area contributed by atoms with E-state index in [4.69, 9.17) is 4.99 Å². The molecule has 0 N–H and O–H groups in total. The third-order valence-electron chi connectivity index (χ3n) is 13.8. The zero-order valence-corrected chi connectivity index (χ0v) is 33.3. The smallest absolute Gasteiger partial charge is 0.0741 e. The van der Waals surface area contributed by atoms with Crippen LogP contribution in [-0.4, -0.2) is 5.71 Å². The van der Waals surface area contributed by atoms with Gasteiger partial charge in [-0.3, -0.25) is 0 Å². The van der Waals surface area contributed by atoms with Crippen molar-refractivity contribution < 1.29 is 0 Å². The number of benzene rings is 3. The van der Waals surface area contributed by atoms with E-state index in [9.17, 15) is 0 Å². The van der Waals surface area contributed by atoms with E-state index < -0.39 is 0 Å². The van der Waals surface area contributed by atoms with E-state index in [1.807, 2.05) is 0 Å². The fraction of sp³-hybridized carbons (Fsp3) is 0.291. The minimum absolute atomic E-state index is 0.149. The van der Waals surface area contributed by atoms with E-state index in [0.717, 1.165) is 37.1 Å². The molecule has 7 unspecified atom stereocenters. The quantitative estimate of drug-likeness (QED) is 0.224. The van der Waals surface area contributed by atoms with Gasteiger partial charge in [0, 0.05) is 23.3 Å². The van der Waals surface area contributed by atoms with E-state index in [-0.39, 0.29) is 5.41 Å². The molecule has 0 saturated carbocycles. The van der Waals surface area contributed by atoms with Gasteiger partial charge in [-0.25, -0.2) is 4.99 Å². The van der Waals surface area contributed by atoms with Crippen molar-refractivity contribution in [2.75, 3.05) is 0 Å². The van der Waals surface area contributed by atoms with Crippen LogP contribution in [-0.2, 0) is 0 Å². The topological polar surface area (TPSA) is 12.4 Å². The van der Waals surface area contributed by atoms with Crippen molar-refractivity contribution in [1.82, 2.24) is 0 Å². The van der Waals surface area contributed by atoms with Crippen molar-refractivity contribution in [2.45, 2.75) is 65.2 Å². The highest BCUT2D eigenvalue weighted by Gasteiger charge is 2.42. The Kier molecular flexibility index (Phi) is 10.2. The van der Waals surface area contributed by atoms with Gasteiger partial charge in [0.05, 0.1) is 11.4 Å². The summed E-state index contributed by atoms with van der Waals surface area (Å²) in [6.45, 7) is 7.10. The monoisotopic (exact) mass is 729 g/mol. The predicted molar refractivity (Wildman–Crippen MR) is 238 cm³/mol. The highest BCUT2D eigenvalue weighted by Crippen LogP contribution is 2.53. The average molecular weight is 730 g/mol. The molecule has 1 heteroatoms. The third kappa shape index (κ3) is 7.14. The van der Waals surface area contributed by atoms with Crippen LogP contribution in [0.5, 0.6) is 0 Å². The SMILES string of the molecule is C/C=C1/CC=CCC(C2(C)C=CC(C3C=CC=C(C4=C(C)C(c5ccc6ccccc6c5)=NC(C5=CC6C=CC=CC6C=C5)=CC4)C3)CC2)C1c1ccccc1. The molecule has 0 spiro atoms. The highest BCUT2D eigenvalue weighted by atomic mass is 14.8. The maximum absolute atomic E-state index is 5.55. The van der Waals surface area contributed by atoms with Crippen molar-refractivity contribution in [2.24, 2.45) is 40.0 Å². The number of hydrogen-bond acceptors (Lipinski definition) is 1. The maximum atomic E-state index is 5.55. The molecule has 9 rings (SSSR count). The molecule has 0 amide bonds. The molecule has 3 aromatic carbocycles. The summed E-state index contributed by atoms with van der Waals surface area (Å²) in [7, 11) is 0. The second-order valence-corrected chi connectivity index (χ2v) is 17.1. The Balaban J connectivity index is 1.00. The summed E-state index contributed by atoms with van der Waals surface area (Å²) < 4.78 is 0. The van der Waals surface area contributed by atoms with Crippen LogP contribution >= 0.6 is 0 Å². The average Bonchev–Trinajstić information content (AvgIpc) is 3.58. The lowest BCUT2D eigenvalue weighted by atomic mass is 9.60. The van der Waals surface area contributed by atoms with Gasteiger partial charge in [-0.05, 0) is 120 Å². The van der Waals surface area contributed by atoms with Crippen molar-refractivity contribution in [3.63, 3.8) is 0 Å². The lowest BCUT2D eigenvalue weighted by Gasteiger charge is -2.44. The Morgan fingerprint density at radius 2 is 1.61 bits per heavy atom. The van der Waals surface area contributed by atoms with Gasteiger partial charge in [0.15, 0.2) is 0 Å². The highest BCUT2D eigenvalue weighted by molar-refractivity contribution is 6.15. The molecule has 56 heavy (non-hydrogen) atoms. The lowest BCUT2D eigenvalue weighted by molar-refractivity contribution is 0.181. The molecule has 280 valence electrons. The number of aliphatic imine (C=N–C) groups is 1. The second-order valence-electron chi connectivity index (χ2n) is 17.1. The predicted octanol–water partition coefficient (Wildman–Crippen LogP) is 14.3. The summed E-state index contributed by atoms with van der Waals surface area (Å²) in [5.74, 6) is 2.82. The molecule has 0 fully saturated rings. The first-order valence-electron chi connectivity index (χ1n) is 21.1. The third-order valence-corrected chi connectivity index (χ3v) is 13.8. The number of nitrogens with zero attached hydrogens (tertiary/aromatic N) is 1. The molecule has 3 aromatic rings. The van der Waals surface area contributed by atoms with Gasteiger partial charge in [-0.1, -0.05) is 176 Å². The molecule has 1 nitrogen and oxygen atoms in total. The van der Waals surface area contributed by atoms with Gasteiger partial charge >= 0.3 is 0 Å². The summed E-state index contributed by atoms with van der Waals surface area (Å²) in [5.41, 5.74) is 12.0.